The van der Waals surface area contributed by atoms with E-state index in [4.69, 9.17) is 5.41 Å². The predicted octanol–water partition coefficient (Wildman–Crippen LogP) is 3.18. The van der Waals surface area contributed by atoms with Crippen molar-refractivity contribution in [1.29, 1.82) is 5.41 Å². The van der Waals surface area contributed by atoms with Gasteiger partial charge in [-0.25, -0.2) is 4.98 Å². The minimum absolute atomic E-state index is 0.583. The third-order valence-electron chi connectivity index (χ3n) is 4.49. The van der Waals surface area contributed by atoms with E-state index in [1.807, 2.05) is 13.0 Å². The maximum Gasteiger partial charge on any atom is 0.139 e. The van der Waals surface area contributed by atoms with Crippen molar-refractivity contribution >= 4 is 17.1 Å². The second kappa shape index (κ2) is 7.66. The van der Waals surface area contributed by atoms with Crippen molar-refractivity contribution in [3.8, 4) is 0 Å². The third kappa shape index (κ3) is 3.99. The van der Waals surface area contributed by atoms with Crippen molar-refractivity contribution in [2.24, 2.45) is 0 Å². The predicted molar refractivity (Wildman–Crippen MR) is 104 cm³/mol. The maximum absolute atomic E-state index is 8.32. The minimum atomic E-state index is 0.583. The summed E-state index contributed by atoms with van der Waals surface area (Å²) in [6, 6.07) is 2.18. The maximum atomic E-state index is 8.32. The van der Waals surface area contributed by atoms with Gasteiger partial charge in [-0.3, -0.25) is 5.41 Å². The number of fused-ring (bicyclic) bond motifs is 1. The summed E-state index contributed by atoms with van der Waals surface area (Å²) in [6.07, 6.45) is 11.3. The molecule has 0 amide bonds. The van der Waals surface area contributed by atoms with E-state index in [1.165, 1.54) is 0 Å². The molecular formula is C20H27N5. The first-order valence-corrected chi connectivity index (χ1v) is 8.97. The number of nitrogens with one attached hydrogen (secondary N) is 2. The highest BCUT2D eigenvalue weighted by atomic mass is 15.2. The standard InChI is InChI=1S/C20H27N5/c1-4-5-17(6-7-19(21)24-10-8-22-9-11-24)18-12-15(2)20-23-16(3)13-25(20)14-18/h5-7,12-14,21-22H,4,8-11H2,1-3H3/b7-6-,17-5-,21-19?. The molecule has 0 bridgehead atoms. The smallest absolute Gasteiger partial charge is 0.139 e. The van der Waals surface area contributed by atoms with Gasteiger partial charge in [0.25, 0.3) is 0 Å². The molecule has 1 aliphatic rings. The van der Waals surface area contributed by atoms with Crippen molar-refractivity contribution in [2.75, 3.05) is 26.2 Å². The van der Waals surface area contributed by atoms with Crippen LogP contribution in [-0.4, -0.2) is 46.3 Å². The zero-order valence-corrected chi connectivity index (χ0v) is 15.3. The van der Waals surface area contributed by atoms with Gasteiger partial charge < -0.3 is 14.6 Å². The topological polar surface area (TPSA) is 56.4 Å². The average Bonchev–Trinajstić information content (AvgIpc) is 3.00. The summed E-state index contributed by atoms with van der Waals surface area (Å²) in [5.41, 5.74) is 5.51. The molecule has 0 aromatic carbocycles. The molecule has 5 nitrogen and oxygen atoms in total. The molecule has 2 aromatic heterocycles. The number of piperazine rings is 1. The quantitative estimate of drug-likeness (QED) is 0.512. The van der Waals surface area contributed by atoms with Crippen LogP contribution in [0.3, 0.4) is 0 Å². The monoisotopic (exact) mass is 337 g/mol. The van der Waals surface area contributed by atoms with Gasteiger partial charge in [0, 0.05) is 38.6 Å². The number of nitrogens with zero attached hydrogens (tertiary/aromatic N) is 3. The molecule has 0 unspecified atom stereocenters. The van der Waals surface area contributed by atoms with Gasteiger partial charge in [-0.1, -0.05) is 19.1 Å². The number of hydrogen-bond donors (Lipinski definition) is 2. The average molecular weight is 337 g/mol. The number of imidazole rings is 1. The fourth-order valence-corrected chi connectivity index (χ4v) is 3.23. The normalized spacial score (nSPS) is 16.1. The third-order valence-corrected chi connectivity index (χ3v) is 4.49. The number of rotatable bonds is 4. The second-order valence-electron chi connectivity index (χ2n) is 6.55. The van der Waals surface area contributed by atoms with E-state index in [-0.39, 0.29) is 0 Å². The Morgan fingerprint density at radius 2 is 2.00 bits per heavy atom. The fraction of sp³-hybridized carbons (Fsp3) is 0.400. The summed E-state index contributed by atoms with van der Waals surface area (Å²) in [5, 5.41) is 11.6. The van der Waals surface area contributed by atoms with Gasteiger partial charge in [-0.2, -0.15) is 0 Å². The van der Waals surface area contributed by atoms with Crippen LogP contribution < -0.4 is 5.32 Å². The Labute approximate surface area is 149 Å². The zero-order chi connectivity index (χ0) is 17.8. The molecule has 25 heavy (non-hydrogen) atoms. The van der Waals surface area contributed by atoms with Gasteiger partial charge in [-0.05, 0) is 49.1 Å². The van der Waals surface area contributed by atoms with E-state index in [2.05, 4.69) is 64.1 Å². The lowest BCUT2D eigenvalue weighted by atomic mass is 10.0. The van der Waals surface area contributed by atoms with Gasteiger partial charge >= 0.3 is 0 Å². The Kier molecular flexibility index (Phi) is 5.34. The number of pyridine rings is 1. The molecule has 0 aliphatic carbocycles. The van der Waals surface area contributed by atoms with Crippen LogP contribution in [0, 0.1) is 19.3 Å². The minimum Gasteiger partial charge on any atom is -0.355 e. The van der Waals surface area contributed by atoms with E-state index in [0.717, 1.165) is 60.6 Å². The lowest BCUT2D eigenvalue weighted by Crippen LogP contribution is -2.45. The lowest BCUT2D eigenvalue weighted by Gasteiger charge is -2.28. The molecule has 3 rings (SSSR count). The summed E-state index contributed by atoms with van der Waals surface area (Å²) in [7, 11) is 0. The van der Waals surface area contributed by atoms with Crippen molar-refractivity contribution in [2.45, 2.75) is 27.2 Å². The molecule has 1 aliphatic heterocycles. The Morgan fingerprint density at radius 1 is 1.24 bits per heavy atom. The largest absolute Gasteiger partial charge is 0.355 e. The molecule has 0 spiro atoms. The number of aryl methyl sites for hydroxylation is 2. The molecule has 5 heteroatoms. The number of allylic oxidation sites excluding steroid dienone is 3. The summed E-state index contributed by atoms with van der Waals surface area (Å²) in [6.45, 7) is 9.95. The second-order valence-corrected chi connectivity index (χ2v) is 6.55. The van der Waals surface area contributed by atoms with Crippen molar-refractivity contribution in [3.63, 3.8) is 0 Å². The van der Waals surface area contributed by atoms with Crippen LogP contribution in [-0.2, 0) is 0 Å². The van der Waals surface area contributed by atoms with E-state index >= 15 is 0 Å². The van der Waals surface area contributed by atoms with Crippen LogP contribution in [0.1, 0.15) is 30.2 Å². The fourth-order valence-electron chi connectivity index (χ4n) is 3.23. The zero-order valence-electron chi connectivity index (χ0n) is 15.3. The highest BCUT2D eigenvalue weighted by Crippen LogP contribution is 2.21. The van der Waals surface area contributed by atoms with Gasteiger partial charge in [0.1, 0.15) is 11.5 Å². The summed E-state index contributed by atoms with van der Waals surface area (Å²) < 4.78 is 2.10. The van der Waals surface area contributed by atoms with Crippen LogP contribution in [0.2, 0.25) is 0 Å². The molecule has 3 heterocycles. The summed E-state index contributed by atoms with van der Waals surface area (Å²) in [4.78, 5) is 6.69. The number of amidine groups is 1. The van der Waals surface area contributed by atoms with Gasteiger partial charge in [0.05, 0.1) is 5.69 Å². The van der Waals surface area contributed by atoms with Crippen molar-refractivity contribution < 1.29 is 0 Å². The van der Waals surface area contributed by atoms with E-state index in [1.54, 1.807) is 0 Å². The molecule has 132 valence electrons. The molecule has 1 fully saturated rings. The van der Waals surface area contributed by atoms with Crippen LogP contribution in [0.5, 0.6) is 0 Å². The van der Waals surface area contributed by atoms with Crippen LogP contribution in [0.15, 0.2) is 36.7 Å². The van der Waals surface area contributed by atoms with Crippen LogP contribution >= 0.6 is 0 Å². The number of hydrogen-bond acceptors (Lipinski definition) is 3. The van der Waals surface area contributed by atoms with E-state index in [0.29, 0.717) is 5.84 Å². The van der Waals surface area contributed by atoms with Crippen molar-refractivity contribution in [3.05, 3.63) is 53.5 Å². The first-order valence-electron chi connectivity index (χ1n) is 8.97. The van der Waals surface area contributed by atoms with Gasteiger partial charge in [0.15, 0.2) is 0 Å². The van der Waals surface area contributed by atoms with Crippen LogP contribution in [0.4, 0.5) is 0 Å². The van der Waals surface area contributed by atoms with Gasteiger partial charge in [0.2, 0.25) is 0 Å². The first kappa shape index (κ1) is 17.4. The number of aromatic nitrogens is 2. The molecule has 1 saturated heterocycles. The Balaban J connectivity index is 1.87. The molecule has 2 N–H and O–H groups in total. The Morgan fingerprint density at radius 3 is 2.72 bits per heavy atom. The summed E-state index contributed by atoms with van der Waals surface area (Å²) >= 11 is 0. The molecular weight excluding hydrogens is 310 g/mol. The van der Waals surface area contributed by atoms with Crippen LogP contribution in [0.25, 0.3) is 11.2 Å². The lowest BCUT2D eigenvalue weighted by molar-refractivity contribution is 0.357. The highest BCUT2D eigenvalue weighted by Gasteiger charge is 2.11. The Bertz CT molecular complexity index is 822. The highest BCUT2D eigenvalue weighted by molar-refractivity contribution is 5.93. The molecule has 0 atom stereocenters. The van der Waals surface area contributed by atoms with Crippen molar-refractivity contribution in [1.82, 2.24) is 19.6 Å². The molecule has 0 saturated carbocycles. The first-order chi connectivity index (χ1) is 12.1. The van der Waals surface area contributed by atoms with Gasteiger partial charge in [-0.15, -0.1) is 0 Å². The molecule has 0 radical (unpaired) electrons. The Hall–Kier alpha value is -2.40. The molecule has 2 aromatic rings. The summed E-state index contributed by atoms with van der Waals surface area (Å²) in [5.74, 6) is 0.583. The van der Waals surface area contributed by atoms with E-state index in [9.17, 15) is 0 Å². The SMILES string of the molecule is CC/C=C(/C=C\C(=N)N1CCNCC1)c1cc(C)c2nc(C)cn2c1. The van der Waals surface area contributed by atoms with E-state index < -0.39 is 0 Å².